The van der Waals surface area contributed by atoms with Gasteiger partial charge in [0.1, 0.15) is 11.4 Å². The molecule has 20 heavy (non-hydrogen) atoms. The summed E-state index contributed by atoms with van der Waals surface area (Å²) >= 11 is 3.14. The van der Waals surface area contributed by atoms with Crippen LogP contribution in [0, 0.1) is 10.1 Å². The monoisotopic (exact) mass is 338 g/mol. The van der Waals surface area contributed by atoms with Crippen molar-refractivity contribution in [2.75, 3.05) is 0 Å². The van der Waals surface area contributed by atoms with Gasteiger partial charge in [0, 0.05) is 10.5 Å². The van der Waals surface area contributed by atoms with Gasteiger partial charge >= 0.3 is 11.7 Å². The average molecular weight is 339 g/mol. The number of halogens is 1. The fraction of sp³-hybridized carbons (Fsp3) is 0. The normalized spacial score (nSPS) is 10.1. The second kappa shape index (κ2) is 5.66. The van der Waals surface area contributed by atoms with Crippen molar-refractivity contribution in [2.24, 2.45) is 0 Å². The molecule has 0 aliphatic heterocycles. The molecule has 102 valence electrons. The summed E-state index contributed by atoms with van der Waals surface area (Å²) in [5.41, 5.74) is -0.343. The van der Waals surface area contributed by atoms with Crippen molar-refractivity contribution >= 4 is 27.6 Å². The van der Waals surface area contributed by atoms with Gasteiger partial charge in [-0.05, 0) is 24.3 Å². The van der Waals surface area contributed by atoms with Crippen LogP contribution in [0.25, 0.3) is 0 Å². The smallest absolute Gasteiger partial charge is 0.354 e. The zero-order valence-electron chi connectivity index (χ0n) is 9.82. The minimum Gasteiger partial charge on any atom is -0.477 e. The standard InChI is InChI=1S/C12H7BrN2O5/c13-7-1-4-11(10(5-7)15(18)19)20-8-2-3-9(12(16)17)14-6-8/h1-6H,(H,16,17). The summed E-state index contributed by atoms with van der Waals surface area (Å²) in [6, 6.07) is 6.98. The predicted octanol–water partition coefficient (Wildman–Crippen LogP) is 3.24. The third-order valence-corrected chi connectivity index (χ3v) is 2.79. The van der Waals surface area contributed by atoms with Crippen LogP contribution >= 0.6 is 15.9 Å². The second-order valence-electron chi connectivity index (χ2n) is 3.66. The number of rotatable bonds is 4. The van der Waals surface area contributed by atoms with Crippen LogP contribution in [0.2, 0.25) is 0 Å². The molecular weight excluding hydrogens is 332 g/mol. The van der Waals surface area contributed by atoms with E-state index in [-0.39, 0.29) is 22.9 Å². The molecule has 0 atom stereocenters. The highest BCUT2D eigenvalue weighted by atomic mass is 79.9. The minimum absolute atomic E-state index is 0.0445. The van der Waals surface area contributed by atoms with Crippen LogP contribution in [-0.4, -0.2) is 21.0 Å². The van der Waals surface area contributed by atoms with E-state index < -0.39 is 10.9 Å². The van der Waals surface area contributed by atoms with Gasteiger partial charge in [0.05, 0.1) is 11.1 Å². The third-order valence-electron chi connectivity index (χ3n) is 2.30. The van der Waals surface area contributed by atoms with E-state index in [4.69, 9.17) is 9.84 Å². The molecule has 1 heterocycles. The molecule has 0 unspecified atom stereocenters. The molecule has 0 spiro atoms. The summed E-state index contributed by atoms with van der Waals surface area (Å²) in [6.45, 7) is 0. The van der Waals surface area contributed by atoms with Gasteiger partial charge in [0.25, 0.3) is 0 Å². The Balaban J connectivity index is 2.30. The Morgan fingerprint density at radius 3 is 2.65 bits per heavy atom. The number of carboxylic acid groups (broad SMARTS) is 1. The number of benzene rings is 1. The van der Waals surface area contributed by atoms with Crippen LogP contribution in [0.4, 0.5) is 5.69 Å². The van der Waals surface area contributed by atoms with Crippen LogP contribution in [0.3, 0.4) is 0 Å². The van der Waals surface area contributed by atoms with E-state index in [0.717, 1.165) is 0 Å². The number of hydrogen-bond acceptors (Lipinski definition) is 5. The van der Waals surface area contributed by atoms with Gasteiger partial charge in [-0.2, -0.15) is 0 Å². The van der Waals surface area contributed by atoms with Crippen LogP contribution in [-0.2, 0) is 0 Å². The predicted molar refractivity (Wildman–Crippen MR) is 72.1 cm³/mol. The number of aromatic carboxylic acids is 1. The summed E-state index contributed by atoms with van der Waals surface area (Å²) in [5.74, 6) is -0.908. The fourth-order valence-corrected chi connectivity index (χ4v) is 1.76. The lowest BCUT2D eigenvalue weighted by molar-refractivity contribution is -0.385. The Morgan fingerprint density at radius 2 is 2.10 bits per heavy atom. The number of pyridine rings is 1. The third kappa shape index (κ3) is 3.09. The Hall–Kier alpha value is -2.48. The van der Waals surface area contributed by atoms with Gasteiger partial charge in [-0.25, -0.2) is 9.78 Å². The summed E-state index contributed by atoms with van der Waals surface area (Å²) in [6.07, 6.45) is 1.19. The highest BCUT2D eigenvalue weighted by Gasteiger charge is 2.16. The molecule has 0 aliphatic carbocycles. The van der Waals surface area contributed by atoms with E-state index in [2.05, 4.69) is 20.9 Å². The van der Waals surface area contributed by atoms with Gasteiger partial charge in [0.2, 0.25) is 5.75 Å². The number of nitrogens with zero attached hydrogens (tertiary/aromatic N) is 2. The van der Waals surface area contributed by atoms with Crippen LogP contribution in [0.5, 0.6) is 11.5 Å². The lowest BCUT2D eigenvalue weighted by Gasteiger charge is -2.06. The summed E-state index contributed by atoms with van der Waals surface area (Å²) in [5, 5.41) is 19.6. The van der Waals surface area contributed by atoms with Gasteiger partial charge in [-0.15, -0.1) is 0 Å². The molecule has 1 aromatic carbocycles. The number of hydrogen-bond donors (Lipinski definition) is 1. The van der Waals surface area contributed by atoms with Crippen molar-refractivity contribution in [1.29, 1.82) is 0 Å². The van der Waals surface area contributed by atoms with Crippen molar-refractivity contribution in [3.8, 4) is 11.5 Å². The van der Waals surface area contributed by atoms with E-state index in [1.54, 1.807) is 6.07 Å². The molecular formula is C12H7BrN2O5. The molecule has 7 nitrogen and oxygen atoms in total. The quantitative estimate of drug-likeness (QED) is 0.678. The van der Waals surface area contributed by atoms with Crippen molar-refractivity contribution in [3.05, 3.63) is 56.8 Å². The maximum absolute atomic E-state index is 10.9. The molecule has 0 saturated carbocycles. The number of aromatic nitrogens is 1. The van der Waals surface area contributed by atoms with E-state index in [1.165, 1.54) is 30.5 Å². The van der Waals surface area contributed by atoms with Gasteiger partial charge in [0.15, 0.2) is 0 Å². The Morgan fingerprint density at radius 1 is 1.35 bits per heavy atom. The topological polar surface area (TPSA) is 103 Å². The lowest BCUT2D eigenvalue weighted by Crippen LogP contribution is -1.99. The fourth-order valence-electron chi connectivity index (χ4n) is 1.41. The molecule has 2 rings (SSSR count). The molecule has 0 fully saturated rings. The summed E-state index contributed by atoms with van der Waals surface area (Å²) in [4.78, 5) is 24.7. The number of nitro benzene ring substituents is 1. The SMILES string of the molecule is O=C(O)c1ccc(Oc2ccc(Br)cc2[N+](=O)[O-])cn1. The molecule has 8 heteroatoms. The first-order chi connectivity index (χ1) is 9.47. The maximum atomic E-state index is 10.9. The molecule has 0 bridgehead atoms. The van der Waals surface area contributed by atoms with Gasteiger partial charge in [-0.1, -0.05) is 15.9 Å². The Labute approximate surface area is 121 Å². The molecule has 0 amide bonds. The molecule has 0 radical (unpaired) electrons. The second-order valence-corrected chi connectivity index (χ2v) is 4.57. The zero-order chi connectivity index (χ0) is 14.7. The van der Waals surface area contributed by atoms with Crippen molar-refractivity contribution in [3.63, 3.8) is 0 Å². The van der Waals surface area contributed by atoms with E-state index in [1.807, 2.05) is 0 Å². The van der Waals surface area contributed by atoms with Gasteiger partial charge < -0.3 is 9.84 Å². The zero-order valence-corrected chi connectivity index (χ0v) is 11.4. The van der Waals surface area contributed by atoms with E-state index in [0.29, 0.717) is 4.47 Å². The van der Waals surface area contributed by atoms with Gasteiger partial charge in [-0.3, -0.25) is 10.1 Å². The number of carbonyl (C=O) groups is 1. The molecule has 0 saturated heterocycles. The molecule has 2 aromatic rings. The maximum Gasteiger partial charge on any atom is 0.354 e. The number of ether oxygens (including phenoxy) is 1. The highest BCUT2D eigenvalue weighted by molar-refractivity contribution is 9.10. The Kier molecular flexibility index (Phi) is 3.94. The minimum atomic E-state index is -1.16. The first-order valence-electron chi connectivity index (χ1n) is 5.28. The number of carboxylic acids is 1. The summed E-state index contributed by atoms with van der Waals surface area (Å²) < 4.78 is 5.89. The van der Waals surface area contributed by atoms with Crippen LogP contribution in [0.1, 0.15) is 10.5 Å². The molecule has 0 aliphatic rings. The van der Waals surface area contributed by atoms with Crippen molar-refractivity contribution in [2.45, 2.75) is 0 Å². The first-order valence-corrected chi connectivity index (χ1v) is 6.08. The largest absolute Gasteiger partial charge is 0.477 e. The van der Waals surface area contributed by atoms with Crippen LogP contribution < -0.4 is 4.74 Å². The van der Waals surface area contributed by atoms with Crippen molar-refractivity contribution < 1.29 is 19.6 Å². The lowest BCUT2D eigenvalue weighted by atomic mass is 10.3. The van der Waals surface area contributed by atoms with Crippen molar-refractivity contribution in [1.82, 2.24) is 4.98 Å². The number of nitro groups is 1. The first kappa shape index (κ1) is 13.9. The Bertz CT molecular complexity index is 672. The average Bonchev–Trinajstić information content (AvgIpc) is 2.41. The molecule has 1 aromatic heterocycles. The summed E-state index contributed by atoms with van der Waals surface area (Å²) in [7, 11) is 0. The van der Waals surface area contributed by atoms with Crippen LogP contribution in [0.15, 0.2) is 41.0 Å². The van der Waals surface area contributed by atoms with E-state index >= 15 is 0 Å². The molecule has 1 N–H and O–H groups in total. The highest BCUT2D eigenvalue weighted by Crippen LogP contribution is 2.33. The van der Waals surface area contributed by atoms with E-state index in [9.17, 15) is 14.9 Å².